The molecule has 3 aromatic rings. The van der Waals surface area contributed by atoms with Gasteiger partial charge in [-0.3, -0.25) is 4.98 Å². The number of hydrogen-bond donors (Lipinski definition) is 2. The molecule has 0 spiro atoms. The van der Waals surface area contributed by atoms with E-state index in [1.807, 2.05) is 54.6 Å². The van der Waals surface area contributed by atoms with Crippen LogP contribution in [0.1, 0.15) is 0 Å². The maximum absolute atomic E-state index is 5.87. The number of rotatable bonds is 5. The summed E-state index contributed by atoms with van der Waals surface area (Å²) in [6.45, 7) is 1.22. The van der Waals surface area contributed by atoms with Gasteiger partial charge in [0, 0.05) is 18.1 Å². The number of para-hydroxylation sites is 3. The lowest BCUT2D eigenvalue weighted by molar-refractivity contribution is 0.336. The molecular formula is C17H17N3O. The van der Waals surface area contributed by atoms with E-state index in [1.54, 1.807) is 6.20 Å². The van der Waals surface area contributed by atoms with Crippen LogP contribution in [0.4, 0.5) is 11.4 Å². The smallest absolute Gasteiger partial charge is 0.145 e. The summed E-state index contributed by atoms with van der Waals surface area (Å²) in [5.41, 5.74) is 8.43. The summed E-state index contributed by atoms with van der Waals surface area (Å²) in [5, 5.41) is 4.34. The molecule has 0 saturated carbocycles. The third-order valence-corrected chi connectivity index (χ3v) is 3.23. The van der Waals surface area contributed by atoms with E-state index in [0.29, 0.717) is 13.2 Å². The maximum atomic E-state index is 5.87. The molecule has 4 heteroatoms. The largest absolute Gasteiger partial charge is 0.489 e. The number of aromatic nitrogens is 1. The van der Waals surface area contributed by atoms with Crippen molar-refractivity contribution < 1.29 is 4.74 Å². The Labute approximate surface area is 123 Å². The van der Waals surface area contributed by atoms with Gasteiger partial charge in [-0.15, -0.1) is 0 Å². The number of nitrogens with one attached hydrogen (secondary N) is 1. The molecule has 0 radical (unpaired) electrons. The van der Waals surface area contributed by atoms with Gasteiger partial charge in [-0.25, -0.2) is 0 Å². The second-order valence-electron chi connectivity index (χ2n) is 4.69. The van der Waals surface area contributed by atoms with Crippen LogP contribution in [0.3, 0.4) is 0 Å². The normalized spacial score (nSPS) is 10.5. The summed E-state index contributed by atoms with van der Waals surface area (Å²) in [4.78, 5) is 4.37. The van der Waals surface area contributed by atoms with Crippen molar-refractivity contribution in [3.63, 3.8) is 0 Å². The van der Waals surface area contributed by atoms with Gasteiger partial charge < -0.3 is 15.8 Å². The number of nitrogens with two attached hydrogens (primary N) is 1. The van der Waals surface area contributed by atoms with Gasteiger partial charge in [0.15, 0.2) is 0 Å². The maximum Gasteiger partial charge on any atom is 0.145 e. The van der Waals surface area contributed by atoms with E-state index in [0.717, 1.165) is 28.0 Å². The van der Waals surface area contributed by atoms with Crippen LogP contribution in [0.5, 0.6) is 5.75 Å². The first-order chi connectivity index (χ1) is 10.3. The number of benzene rings is 2. The molecule has 3 N–H and O–H groups in total. The van der Waals surface area contributed by atoms with Crippen molar-refractivity contribution in [3.8, 4) is 5.75 Å². The van der Waals surface area contributed by atoms with Crippen molar-refractivity contribution in [1.29, 1.82) is 0 Å². The van der Waals surface area contributed by atoms with Crippen LogP contribution in [0.2, 0.25) is 0 Å². The highest BCUT2D eigenvalue weighted by Crippen LogP contribution is 2.23. The zero-order valence-corrected chi connectivity index (χ0v) is 11.6. The summed E-state index contributed by atoms with van der Waals surface area (Å²) in [6.07, 6.45) is 1.78. The lowest BCUT2D eigenvalue weighted by Crippen LogP contribution is -2.12. The molecular weight excluding hydrogens is 262 g/mol. The van der Waals surface area contributed by atoms with Gasteiger partial charge >= 0.3 is 0 Å². The molecule has 0 saturated heterocycles. The highest BCUT2D eigenvalue weighted by molar-refractivity contribution is 5.84. The third-order valence-electron chi connectivity index (χ3n) is 3.23. The fraction of sp³-hybridized carbons (Fsp3) is 0.118. The Bertz CT molecular complexity index is 737. The first-order valence-corrected chi connectivity index (χ1v) is 6.89. The molecule has 0 aliphatic rings. The van der Waals surface area contributed by atoms with Gasteiger partial charge in [0.2, 0.25) is 0 Å². The number of fused-ring (bicyclic) bond motifs is 1. The third kappa shape index (κ3) is 3.05. The van der Waals surface area contributed by atoms with Crippen molar-refractivity contribution in [1.82, 2.24) is 4.98 Å². The van der Waals surface area contributed by atoms with Gasteiger partial charge in [0.25, 0.3) is 0 Å². The van der Waals surface area contributed by atoms with Gasteiger partial charge in [0.1, 0.15) is 17.9 Å². The van der Waals surface area contributed by atoms with Crippen molar-refractivity contribution >= 4 is 22.3 Å². The predicted octanol–water partition coefficient (Wildman–Crippen LogP) is 3.31. The van der Waals surface area contributed by atoms with Crippen molar-refractivity contribution in [3.05, 3.63) is 60.8 Å². The SMILES string of the molecule is Nc1ccccc1NCCOc1cccc2cccnc12. The number of hydrogen-bond acceptors (Lipinski definition) is 4. The van der Waals surface area contributed by atoms with Crippen LogP contribution >= 0.6 is 0 Å². The molecule has 0 bridgehead atoms. The van der Waals surface area contributed by atoms with Crippen LogP contribution in [-0.2, 0) is 0 Å². The number of anilines is 2. The van der Waals surface area contributed by atoms with E-state index in [1.165, 1.54) is 0 Å². The Balaban J connectivity index is 1.61. The van der Waals surface area contributed by atoms with Crippen molar-refractivity contribution in [2.24, 2.45) is 0 Å². The van der Waals surface area contributed by atoms with E-state index in [2.05, 4.69) is 10.3 Å². The number of nitrogen functional groups attached to an aromatic ring is 1. The first-order valence-electron chi connectivity index (χ1n) is 6.89. The lowest BCUT2D eigenvalue weighted by Gasteiger charge is -2.11. The van der Waals surface area contributed by atoms with Crippen LogP contribution < -0.4 is 15.8 Å². The van der Waals surface area contributed by atoms with E-state index in [-0.39, 0.29) is 0 Å². The van der Waals surface area contributed by atoms with E-state index >= 15 is 0 Å². The molecule has 4 nitrogen and oxygen atoms in total. The standard InChI is InChI=1S/C17H17N3O/c18-14-7-1-2-8-15(14)19-11-12-21-16-9-3-5-13-6-4-10-20-17(13)16/h1-10,19H,11-12,18H2. The fourth-order valence-corrected chi connectivity index (χ4v) is 2.20. The first kappa shape index (κ1) is 13.2. The van der Waals surface area contributed by atoms with E-state index < -0.39 is 0 Å². The molecule has 106 valence electrons. The number of pyridine rings is 1. The van der Waals surface area contributed by atoms with Crippen LogP contribution in [-0.4, -0.2) is 18.1 Å². The number of nitrogens with zero attached hydrogens (tertiary/aromatic N) is 1. The molecule has 0 fully saturated rings. The van der Waals surface area contributed by atoms with E-state index in [4.69, 9.17) is 10.5 Å². The summed E-state index contributed by atoms with van der Waals surface area (Å²) >= 11 is 0. The van der Waals surface area contributed by atoms with Crippen LogP contribution in [0.25, 0.3) is 10.9 Å². The summed E-state index contributed by atoms with van der Waals surface area (Å²) in [5.74, 6) is 0.802. The molecule has 0 atom stereocenters. The van der Waals surface area contributed by atoms with Crippen molar-refractivity contribution in [2.45, 2.75) is 0 Å². The predicted molar refractivity (Wildman–Crippen MR) is 86.6 cm³/mol. The molecule has 1 aromatic heterocycles. The molecule has 0 amide bonds. The Morgan fingerprint density at radius 1 is 1.00 bits per heavy atom. The average Bonchev–Trinajstić information content (AvgIpc) is 2.53. The molecule has 1 heterocycles. The zero-order chi connectivity index (χ0) is 14.5. The Kier molecular flexibility index (Phi) is 3.87. The van der Waals surface area contributed by atoms with Crippen molar-refractivity contribution in [2.75, 3.05) is 24.2 Å². The van der Waals surface area contributed by atoms with E-state index in [9.17, 15) is 0 Å². The minimum atomic E-state index is 0.546. The monoisotopic (exact) mass is 279 g/mol. The highest BCUT2D eigenvalue weighted by Gasteiger charge is 2.02. The van der Waals surface area contributed by atoms with Gasteiger partial charge in [-0.2, -0.15) is 0 Å². The Hall–Kier alpha value is -2.75. The molecule has 0 unspecified atom stereocenters. The minimum Gasteiger partial charge on any atom is -0.489 e. The molecule has 3 rings (SSSR count). The Morgan fingerprint density at radius 2 is 1.86 bits per heavy atom. The van der Waals surface area contributed by atoms with Gasteiger partial charge in [0.05, 0.1) is 11.4 Å². The van der Waals surface area contributed by atoms with Crippen LogP contribution in [0.15, 0.2) is 60.8 Å². The molecule has 21 heavy (non-hydrogen) atoms. The number of ether oxygens (including phenoxy) is 1. The average molecular weight is 279 g/mol. The molecule has 0 aliphatic heterocycles. The zero-order valence-electron chi connectivity index (χ0n) is 11.6. The molecule has 2 aromatic carbocycles. The van der Waals surface area contributed by atoms with Gasteiger partial charge in [-0.05, 0) is 24.3 Å². The Morgan fingerprint density at radius 3 is 2.76 bits per heavy atom. The lowest BCUT2D eigenvalue weighted by atomic mass is 10.2. The second-order valence-corrected chi connectivity index (χ2v) is 4.69. The summed E-state index contributed by atoms with van der Waals surface area (Å²) < 4.78 is 5.82. The van der Waals surface area contributed by atoms with Crippen LogP contribution in [0, 0.1) is 0 Å². The summed E-state index contributed by atoms with van der Waals surface area (Å²) in [7, 11) is 0. The fourth-order valence-electron chi connectivity index (χ4n) is 2.20. The summed E-state index contributed by atoms with van der Waals surface area (Å²) in [6, 6.07) is 17.6. The second kappa shape index (κ2) is 6.13. The quantitative estimate of drug-likeness (QED) is 0.555. The molecule has 0 aliphatic carbocycles. The minimum absolute atomic E-state index is 0.546. The van der Waals surface area contributed by atoms with Gasteiger partial charge in [-0.1, -0.05) is 30.3 Å². The topological polar surface area (TPSA) is 60.2 Å². The highest BCUT2D eigenvalue weighted by atomic mass is 16.5.